The van der Waals surface area contributed by atoms with E-state index in [1.54, 1.807) is 6.33 Å². The summed E-state index contributed by atoms with van der Waals surface area (Å²) in [4.78, 5) is 8.25. The molecular formula is C11H14ClN5. The predicted octanol–water partition coefficient (Wildman–Crippen LogP) is 2.08. The molecule has 0 radical (unpaired) electrons. The van der Waals surface area contributed by atoms with Crippen molar-refractivity contribution in [2.24, 2.45) is 0 Å². The lowest BCUT2D eigenvalue weighted by Crippen LogP contribution is -2.10. The van der Waals surface area contributed by atoms with Gasteiger partial charge in [0, 0.05) is 24.2 Å². The van der Waals surface area contributed by atoms with Crippen LogP contribution >= 0.6 is 11.6 Å². The second kappa shape index (κ2) is 4.71. The van der Waals surface area contributed by atoms with Crippen LogP contribution in [0.2, 0.25) is 5.02 Å². The van der Waals surface area contributed by atoms with Gasteiger partial charge in [-0.1, -0.05) is 11.6 Å². The Bertz CT molecular complexity index is 520. The number of rotatable bonds is 3. The van der Waals surface area contributed by atoms with Crippen LogP contribution in [0.4, 0.5) is 5.82 Å². The third kappa shape index (κ3) is 2.55. The normalized spacial score (nSPS) is 11.1. The fraction of sp³-hybridized carbons (Fsp3) is 0.364. The van der Waals surface area contributed by atoms with Gasteiger partial charge in [0.1, 0.15) is 18.0 Å². The van der Waals surface area contributed by atoms with Crippen LogP contribution in [0.1, 0.15) is 31.3 Å². The zero-order valence-electron chi connectivity index (χ0n) is 9.76. The van der Waals surface area contributed by atoms with E-state index in [0.29, 0.717) is 17.3 Å². The Balaban J connectivity index is 2.31. The minimum atomic E-state index is 0.265. The molecule has 0 spiro atoms. The molecule has 0 atom stereocenters. The van der Waals surface area contributed by atoms with Gasteiger partial charge >= 0.3 is 0 Å². The Hall–Kier alpha value is -1.62. The molecule has 0 fully saturated rings. The van der Waals surface area contributed by atoms with Crippen molar-refractivity contribution in [3.05, 3.63) is 35.0 Å². The molecule has 2 aromatic heterocycles. The summed E-state index contributed by atoms with van der Waals surface area (Å²) in [6.45, 7) is 4.11. The summed E-state index contributed by atoms with van der Waals surface area (Å²) < 4.78 is 1.86. The Labute approximate surface area is 105 Å². The Morgan fingerprint density at radius 2 is 2.18 bits per heavy atom. The number of pyridine rings is 1. The molecule has 90 valence electrons. The van der Waals surface area contributed by atoms with Gasteiger partial charge in [0.2, 0.25) is 0 Å². The molecule has 2 heterocycles. The number of nitrogen functional groups attached to an aromatic ring is 1. The SMILES string of the molecule is CC(C)n1ncnc1Cc1cc(Cl)cnc1N. The second-order valence-electron chi connectivity index (χ2n) is 4.09. The van der Waals surface area contributed by atoms with E-state index in [-0.39, 0.29) is 6.04 Å². The van der Waals surface area contributed by atoms with Gasteiger partial charge in [0.15, 0.2) is 0 Å². The van der Waals surface area contributed by atoms with Crippen molar-refractivity contribution in [1.29, 1.82) is 0 Å². The molecule has 2 rings (SSSR count). The Morgan fingerprint density at radius 1 is 1.41 bits per heavy atom. The van der Waals surface area contributed by atoms with Crippen molar-refractivity contribution in [1.82, 2.24) is 19.7 Å². The number of aromatic nitrogens is 4. The van der Waals surface area contributed by atoms with Crippen LogP contribution in [0.25, 0.3) is 0 Å². The first kappa shape index (κ1) is 11.9. The van der Waals surface area contributed by atoms with E-state index in [2.05, 4.69) is 28.9 Å². The molecule has 5 nitrogen and oxygen atoms in total. The summed E-state index contributed by atoms with van der Waals surface area (Å²) >= 11 is 5.90. The Morgan fingerprint density at radius 3 is 2.88 bits per heavy atom. The van der Waals surface area contributed by atoms with Gasteiger partial charge in [-0.25, -0.2) is 14.6 Å². The molecule has 0 amide bonds. The van der Waals surface area contributed by atoms with Gasteiger partial charge in [-0.3, -0.25) is 0 Å². The summed E-state index contributed by atoms with van der Waals surface area (Å²) in [5, 5.41) is 4.75. The maximum absolute atomic E-state index is 5.90. The number of nitrogens with zero attached hydrogens (tertiary/aromatic N) is 4. The molecule has 0 aromatic carbocycles. The molecule has 0 aliphatic carbocycles. The molecule has 2 N–H and O–H groups in total. The maximum atomic E-state index is 5.90. The number of hydrogen-bond acceptors (Lipinski definition) is 4. The molecule has 0 unspecified atom stereocenters. The summed E-state index contributed by atoms with van der Waals surface area (Å²) in [5.41, 5.74) is 6.67. The highest BCUT2D eigenvalue weighted by Crippen LogP contribution is 2.18. The number of nitrogens with two attached hydrogens (primary N) is 1. The highest BCUT2D eigenvalue weighted by atomic mass is 35.5. The minimum Gasteiger partial charge on any atom is -0.383 e. The number of anilines is 1. The summed E-state index contributed by atoms with van der Waals surface area (Å²) in [6.07, 6.45) is 3.66. The summed E-state index contributed by atoms with van der Waals surface area (Å²) in [6, 6.07) is 2.07. The fourth-order valence-corrected chi connectivity index (χ4v) is 1.82. The van der Waals surface area contributed by atoms with Crippen LogP contribution in [0.15, 0.2) is 18.6 Å². The average molecular weight is 252 g/mol. The van der Waals surface area contributed by atoms with Crippen LogP contribution in [-0.2, 0) is 6.42 Å². The zero-order valence-corrected chi connectivity index (χ0v) is 10.5. The van der Waals surface area contributed by atoms with Gasteiger partial charge in [-0.05, 0) is 19.9 Å². The third-order valence-corrected chi connectivity index (χ3v) is 2.66. The second-order valence-corrected chi connectivity index (χ2v) is 4.53. The van der Waals surface area contributed by atoms with E-state index >= 15 is 0 Å². The molecule has 2 aromatic rings. The van der Waals surface area contributed by atoms with E-state index in [1.807, 2.05) is 10.7 Å². The van der Waals surface area contributed by atoms with Crippen molar-refractivity contribution in [2.45, 2.75) is 26.3 Å². The van der Waals surface area contributed by atoms with Crippen molar-refractivity contribution >= 4 is 17.4 Å². The molecule has 0 saturated heterocycles. The number of halogens is 1. The molecule has 0 aliphatic rings. The first-order chi connectivity index (χ1) is 8.08. The summed E-state index contributed by atoms with van der Waals surface area (Å²) in [5.74, 6) is 1.34. The van der Waals surface area contributed by atoms with Gasteiger partial charge < -0.3 is 5.73 Å². The predicted molar refractivity (Wildman–Crippen MR) is 66.9 cm³/mol. The lowest BCUT2D eigenvalue weighted by Gasteiger charge is -2.10. The Kier molecular flexibility index (Phi) is 3.28. The fourth-order valence-electron chi connectivity index (χ4n) is 1.64. The molecular weight excluding hydrogens is 238 g/mol. The van der Waals surface area contributed by atoms with Crippen LogP contribution in [0, 0.1) is 0 Å². The van der Waals surface area contributed by atoms with Crippen molar-refractivity contribution in [2.75, 3.05) is 5.73 Å². The minimum absolute atomic E-state index is 0.265. The van der Waals surface area contributed by atoms with E-state index in [9.17, 15) is 0 Å². The van der Waals surface area contributed by atoms with Crippen LogP contribution < -0.4 is 5.73 Å². The van der Waals surface area contributed by atoms with E-state index in [1.165, 1.54) is 6.20 Å². The molecule has 0 bridgehead atoms. The first-order valence-corrected chi connectivity index (χ1v) is 5.74. The van der Waals surface area contributed by atoms with Crippen LogP contribution in [0.5, 0.6) is 0 Å². The first-order valence-electron chi connectivity index (χ1n) is 5.36. The maximum Gasteiger partial charge on any atom is 0.138 e. The van der Waals surface area contributed by atoms with Crippen molar-refractivity contribution < 1.29 is 0 Å². The topological polar surface area (TPSA) is 69.6 Å². The van der Waals surface area contributed by atoms with Crippen LogP contribution in [-0.4, -0.2) is 19.7 Å². The molecule has 0 saturated carbocycles. The lowest BCUT2D eigenvalue weighted by molar-refractivity contribution is 0.510. The molecule has 17 heavy (non-hydrogen) atoms. The van der Waals surface area contributed by atoms with E-state index < -0.39 is 0 Å². The van der Waals surface area contributed by atoms with Gasteiger partial charge in [0.05, 0.1) is 5.02 Å². The molecule has 0 aliphatic heterocycles. The lowest BCUT2D eigenvalue weighted by atomic mass is 10.2. The van der Waals surface area contributed by atoms with Crippen LogP contribution in [0.3, 0.4) is 0 Å². The van der Waals surface area contributed by atoms with Gasteiger partial charge in [-0.2, -0.15) is 5.10 Å². The highest BCUT2D eigenvalue weighted by Gasteiger charge is 2.11. The van der Waals surface area contributed by atoms with E-state index in [0.717, 1.165) is 11.4 Å². The monoisotopic (exact) mass is 251 g/mol. The third-order valence-electron chi connectivity index (χ3n) is 2.45. The quantitative estimate of drug-likeness (QED) is 0.907. The largest absolute Gasteiger partial charge is 0.383 e. The smallest absolute Gasteiger partial charge is 0.138 e. The van der Waals surface area contributed by atoms with Crippen molar-refractivity contribution in [3.63, 3.8) is 0 Å². The van der Waals surface area contributed by atoms with Gasteiger partial charge in [0.25, 0.3) is 0 Å². The van der Waals surface area contributed by atoms with Crippen molar-refractivity contribution in [3.8, 4) is 0 Å². The average Bonchev–Trinajstić information content (AvgIpc) is 2.71. The summed E-state index contributed by atoms with van der Waals surface area (Å²) in [7, 11) is 0. The molecule has 6 heteroatoms. The van der Waals surface area contributed by atoms with E-state index in [4.69, 9.17) is 17.3 Å². The standard InChI is InChI=1S/C11H14ClN5/c1-7(2)17-10(15-6-16-17)4-8-3-9(12)5-14-11(8)13/h3,5-7H,4H2,1-2H3,(H2,13,14). The highest BCUT2D eigenvalue weighted by molar-refractivity contribution is 6.30. The van der Waals surface area contributed by atoms with Gasteiger partial charge in [-0.15, -0.1) is 0 Å². The number of hydrogen-bond donors (Lipinski definition) is 1. The zero-order chi connectivity index (χ0) is 12.4.